The van der Waals surface area contributed by atoms with Crippen LogP contribution in [-0.4, -0.2) is 29.6 Å². The van der Waals surface area contributed by atoms with E-state index in [0.29, 0.717) is 5.92 Å². The van der Waals surface area contributed by atoms with Gasteiger partial charge in [-0.05, 0) is 59.7 Å². The number of pyridine rings is 1. The van der Waals surface area contributed by atoms with E-state index in [2.05, 4.69) is 31.2 Å². The van der Waals surface area contributed by atoms with E-state index in [1.807, 2.05) is 24.4 Å². The van der Waals surface area contributed by atoms with E-state index in [1.54, 1.807) is 11.3 Å². The van der Waals surface area contributed by atoms with Crippen LogP contribution in [0.25, 0.3) is 10.6 Å². The predicted octanol–water partition coefficient (Wildman–Crippen LogP) is 4.36. The van der Waals surface area contributed by atoms with Gasteiger partial charge in [0, 0.05) is 12.7 Å². The topological polar surface area (TPSA) is 64.1 Å². The molecular weight excluding hydrogens is 390 g/mol. The van der Waals surface area contributed by atoms with Crippen LogP contribution in [0.1, 0.15) is 25.7 Å². The summed E-state index contributed by atoms with van der Waals surface area (Å²) in [5, 5.41) is 4.35. The number of aromatic nitrogens is 2. The maximum atomic E-state index is 11.6. The molecule has 2 heterocycles. The molecule has 5 nitrogen and oxygen atoms in total. The number of anilines is 1. The van der Waals surface area contributed by atoms with Gasteiger partial charge in [0.15, 0.2) is 5.13 Å². The number of halogens is 1. The lowest BCUT2D eigenvalue weighted by Gasteiger charge is -2.26. The molecule has 0 aromatic carbocycles. The molecule has 2 aromatic heterocycles. The van der Waals surface area contributed by atoms with E-state index in [1.165, 1.54) is 7.11 Å². The second-order valence-corrected chi connectivity index (χ2v) is 7.84. The summed E-state index contributed by atoms with van der Waals surface area (Å²) in [6, 6.07) is 5.86. The van der Waals surface area contributed by atoms with Crippen molar-refractivity contribution < 1.29 is 9.53 Å². The first-order valence-corrected chi connectivity index (χ1v) is 9.67. The number of nitrogens with one attached hydrogen (secondary N) is 1. The highest BCUT2D eigenvalue weighted by atomic mass is 79.9. The maximum Gasteiger partial charge on any atom is 0.308 e. The fraction of sp³-hybridized carbons (Fsp3) is 0.471. The number of carbonyl (C=O) groups is 1. The molecule has 0 bridgehead atoms. The average Bonchev–Trinajstić information content (AvgIpc) is 3.09. The Morgan fingerprint density at radius 2 is 2.17 bits per heavy atom. The third kappa shape index (κ3) is 4.33. The number of thiazole rings is 1. The van der Waals surface area contributed by atoms with E-state index in [9.17, 15) is 4.79 Å². The van der Waals surface area contributed by atoms with Crippen LogP contribution in [0.4, 0.5) is 5.13 Å². The van der Waals surface area contributed by atoms with Gasteiger partial charge < -0.3 is 10.1 Å². The highest BCUT2D eigenvalue weighted by molar-refractivity contribution is 9.10. The van der Waals surface area contributed by atoms with Gasteiger partial charge in [-0.25, -0.2) is 9.97 Å². The molecule has 1 fully saturated rings. The van der Waals surface area contributed by atoms with E-state index < -0.39 is 0 Å². The molecule has 1 aliphatic rings. The Morgan fingerprint density at radius 3 is 2.88 bits per heavy atom. The van der Waals surface area contributed by atoms with Crippen LogP contribution in [-0.2, 0) is 9.53 Å². The van der Waals surface area contributed by atoms with Crippen molar-refractivity contribution in [3.05, 3.63) is 29.0 Å². The average molecular weight is 410 g/mol. The predicted molar refractivity (Wildman–Crippen MR) is 99.0 cm³/mol. The second kappa shape index (κ2) is 8.07. The fourth-order valence-corrected chi connectivity index (χ4v) is 4.16. The smallest absolute Gasteiger partial charge is 0.308 e. The van der Waals surface area contributed by atoms with Crippen LogP contribution in [0, 0.1) is 11.8 Å². The normalized spacial score (nSPS) is 20.6. The second-order valence-electron chi connectivity index (χ2n) is 6.00. The van der Waals surface area contributed by atoms with Crippen molar-refractivity contribution in [1.29, 1.82) is 0 Å². The monoisotopic (exact) mass is 409 g/mol. The van der Waals surface area contributed by atoms with E-state index in [4.69, 9.17) is 4.74 Å². The van der Waals surface area contributed by atoms with Crippen molar-refractivity contribution in [2.45, 2.75) is 25.7 Å². The number of rotatable bonds is 5. The van der Waals surface area contributed by atoms with Crippen LogP contribution in [0.3, 0.4) is 0 Å². The van der Waals surface area contributed by atoms with Gasteiger partial charge in [-0.2, -0.15) is 0 Å². The molecule has 1 saturated carbocycles. The number of carbonyl (C=O) groups excluding carboxylic acids is 1. The fourth-order valence-electron chi connectivity index (χ4n) is 3.02. The van der Waals surface area contributed by atoms with Crippen LogP contribution < -0.4 is 5.32 Å². The van der Waals surface area contributed by atoms with Gasteiger partial charge in [-0.15, -0.1) is 0 Å². The van der Waals surface area contributed by atoms with Crippen molar-refractivity contribution in [1.82, 2.24) is 9.97 Å². The van der Waals surface area contributed by atoms with Crippen LogP contribution >= 0.6 is 27.3 Å². The first kappa shape index (κ1) is 17.4. The molecule has 128 valence electrons. The minimum Gasteiger partial charge on any atom is -0.469 e. The number of ether oxygens (including phenoxy) is 1. The zero-order chi connectivity index (χ0) is 16.9. The number of hydrogen-bond acceptors (Lipinski definition) is 6. The molecule has 0 saturated heterocycles. The molecule has 24 heavy (non-hydrogen) atoms. The summed E-state index contributed by atoms with van der Waals surface area (Å²) < 4.78 is 5.66. The zero-order valence-corrected chi connectivity index (χ0v) is 15.9. The SMILES string of the molecule is COC(=O)[C@H]1CC[C@H](CNc2ncc(-c3cccc(Br)n3)s2)CC1. The van der Waals surface area contributed by atoms with E-state index >= 15 is 0 Å². The van der Waals surface area contributed by atoms with Gasteiger partial charge in [0.2, 0.25) is 0 Å². The van der Waals surface area contributed by atoms with Gasteiger partial charge in [0.25, 0.3) is 0 Å². The first-order chi connectivity index (χ1) is 11.7. The minimum atomic E-state index is -0.0625. The van der Waals surface area contributed by atoms with Crippen LogP contribution in [0.15, 0.2) is 29.0 Å². The Kier molecular flexibility index (Phi) is 5.84. The summed E-state index contributed by atoms with van der Waals surface area (Å²) >= 11 is 5.01. The Bertz CT molecular complexity index is 699. The van der Waals surface area contributed by atoms with Crippen LogP contribution in [0.2, 0.25) is 0 Å². The molecule has 0 amide bonds. The summed E-state index contributed by atoms with van der Waals surface area (Å²) in [6.45, 7) is 0.896. The van der Waals surface area contributed by atoms with Crippen molar-refractivity contribution in [2.24, 2.45) is 11.8 Å². The molecule has 0 unspecified atom stereocenters. The molecule has 3 rings (SSSR count). The third-order valence-corrected chi connectivity index (χ3v) is 5.82. The summed E-state index contributed by atoms with van der Waals surface area (Å²) in [5.74, 6) is 0.607. The Balaban J connectivity index is 1.51. The number of hydrogen-bond donors (Lipinski definition) is 1. The number of nitrogens with zero attached hydrogens (tertiary/aromatic N) is 2. The van der Waals surface area contributed by atoms with Crippen molar-refractivity contribution >= 4 is 38.4 Å². The van der Waals surface area contributed by atoms with Crippen molar-refractivity contribution in [3.8, 4) is 10.6 Å². The highest BCUT2D eigenvalue weighted by Gasteiger charge is 2.26. The molecule has 7 heteroatoms. The molecule has 1 N–H and O–H groups in total. The minimum absolute atomic E-state index is 0.0625. The zero-order valence-electron chi connectivity index (χ0n) is 13.5. The maximum absolute atomic E-state index is 11.6. The van der Waals surface area contributed by atoms with Gasteiger partial charge >= 0.3 is 5.97 Å². The van der Waals surface area contributed by atoms with E-state index in [0.717, 1.165) is 52.5 Å². The molecule has 0 atom stereocenters. The summed E-state index contributed by atoms with van der Waals surface area (Å²) in [7, 11) is 1.47. The Hall–Kier alpha value is -1.47. The molecule has 0 spiro atoms. The number of methoxy groups -OCH3 is 1. The van der Waals surface area contributed by atoms with Gasteiger partial charge in [0.1, 0.15) is 4.60 Å². The quantitative estimate of drug-likeness (QED) is 0.586. The highest BCUT2D eigenvalue weighted by Crippen LogP contribution is 2.31. The van der Waals surface area contributed by atoms with Crippen molar-refractivity contribution in [3.63, 3.8) is 0 Å². The lowest BCUT2D eigenvalue weighted by Crippen LogP contribution is -2.26. The van der Waals surface area contributed by atoms with Crippen molar-refractivity contribution in [2.75, 3.05) is 19.0 Å². The van der Waals surface area contributed by atoms with Crippen LogP contribution in [0.5, 0.6) is 0 Å². The summed E-state index contributed by atoms with van der Waals surface area (Å²) in [5.41, 5.74) is 0.925. The van der Waals surface area contributed by atoms with Gasteiger partial charge in [-0.1, -0.05) is 17.4 Å². The first-order valence-electron chi connectivity index (χ1n) is 8.06. The number of esters is 1. The molecular formula is C17H20BrN3O2S. The lowest BCUT2D eigenvalue weighted by molar-refractivity contribution is -0.146. The summed E-state index contributed by atoms with van der Waals surface area (Å²) in [4.78, 5) is 21.5. The third-order valence-electron chi connectivity index (χ3n) is 4.40. The van der Waals surface area contributed by atoms with E-state index in [-0.39, 0.29) is 11.9 Å². The standard InChI is InChI=1S/C17H20BrN3O2S/c1-23-16(22)12-7-5-11(6-8-12)9-19-17-20-10-14(24-17)13-3-2-4-15(18)21-13/h2-4,10-12H,5-9H2,1H3,(H,19,20)/t11-,12-. The molecule has 1 aliphatic carbocycles. The lowest BCUT2D eigenvalue weighted by atomic mass is 9.82. The van der Waals surface area contributed by atoms with Gasteiger partial charge in [0.05, 0.1) is 23.6 Å². The molecule has 0 aliphatic heterocycles. The molecule has 0 radical (unpaired) electrons. The Morgan fingerprint density at radius 1 is 1.38 bits per heavy atom. The Labute approximate surface area is 154 Å². The molecule has 2 aromatic rings. The largest absolute Gasteiger partial charge is 0.469 e. The summed E-state index contributed by atoms with van der Waals surface area (Å²) in [6.07, 6.45) is 5.81. The van der Waals surface area contributed by atoms with Gasteiger partial charge in [-0.3, -0.25) is 4.79 Å².